The minimum atomic E-state index is -0.408. The molecule has 2 atom stereocenters. The predicted octanol–water partition coefficient (Wildman–Crippen LogP) is 0.297. The van der Waals surface area contributed by atoms with Crippen molar-refractivity contribution in [1.82, 2.24) is 9.80 Å². The molecule has 18 heavy (non-hydrogen) atoms. The van der Waals surface area contributed by atoms with E-state index in [0.717, 1.165) is 26.1 Å². The molecule has 0 aromatic rings. The third-order valence-electron chi connectivity index (χ3n) is 3.67. The molecule has 5 nitrogen and oxygen atoms in total. The Kier molecular flexibility index (Phi) is 5.14. The number of nitrogens with zero attached hydrogens (tertiary/aromatic N) is 2. The van der Waals surface area contributed by atoms with Crippen LogP contribution in [0.4, 0.5) is 0 Å². The summed E-state index contributed by atoms with van der Waals surface area (Å²) in [5, 5.41) is 0. The SMILES string of the molecule is CC(=O)N(C)CC1CCN(C(=O)[C@@H](N)C(C)C)C1. The summed E-state index contributed by atoms with van der Waals surface area (Å²) in [7, 11) is 1.80. The van der Waals surface area contributed by atoms with Crippen LogP contribution in [0.2, 0.25) is 0 Å². The van der Waals surface area contributed by atoms with Crippen molar-refractivity contribution in [1.29, 1.82) is 0 Å². The first kappa shape index (κ1) is 15.0. The molecule has 0 spiro atoms. The number of carbonyl (C=O) groups excluding carboxylic acids is 2. The molecule has 2 N–H and O–H groups in total. The predicted molar refractivity (Wildman–Crippen MR) is 70.8 cm³/mol. The average Bonchev–Trinajstić information content (AvgIpc) is 2.75. The number of carbonyl (C=O) groups is 2. The van der Waals surface area contributed by atoms with E-state index in [1.807, 2.05) is 18.7 Å². The van der Waals surface area contributed by atoms with Crippen LogP contribution in [0.25, 0.3) is 0 Å². The summed E-state index contributed by atoms with van der Waals surface area (Å²) < 4.78 is 0. The van der Waals surface area contributed by atoms with Crippen molar-refractivity contribution >= 4 is 11.8 Å². The van der Waals surface area contributed by atoms with E-state index >= 15 is 0 Å². The van der Waals surface area contributed by atoms with Crippen LogP contribution in [0.1, 0.15) is 27.2 Å². The lowest BCUT2D eigenvalue weighted by atomic mass is 10.0. The van der Waals surface area contributed by atoms with Gasteiger partial charge in [0.1, 0.15) is 0 Å². The van der Waals surface area contributed by atoms with Gasteiger partial charge in [0, 0.05) is 33.6 Å². The van der Waals surface area contributed by atoms with E-state index in [2.05, 4.69) is 0 Å². The topological polar surface area (TPSA) is 66.6 Å². The number of hydrogen-bond donors (Lipinski definition) is 1. The van der Waals surface area contributed by atoms with Gasteiger partial charge < -0.3 is 15.5 Å². The fourth-order valence-corrected chi connectivity index (χ4v) is 2.19. The molecule has 0 aromatic heterocycles. The van der Waals surface area contributed by atoms with Crippen molar-refractivity contribution in [2.75, 3.05) is 26.7 Å². The van der Waals surface area contributed by atoms with Gasteiger partial charge in [-0.15, -0.1) is 0 Å². The highest BCUT2D eigenvalue weighted by Crippen LogP contribution is 2.18. The second-order valence-corrected chi connectivity index (χ2v) is 5.61. The molecule has 0 aromatic carbocycles. The smallest absolute Gasteiger partial charge is 0.239 e. The van der Waals surface area contributed by atoms with E-state index < -0.39 is 6.04 Å². The first-order valence-electron chi connectivity index (χ1n) is 6.59. The number of nitrogens with two attached hydrogens (primary N) is 1. The van der Waals surface area contributed by atoms with Gasteiger partial charge in [0.2, 0.25) is 11.8 Å². The normalized spacial score (nSPS) is 21.2. The van der Waals surface area contributed by atoms with E-state index in [9.17, 15) is 9.59 Å². The third kappa shape index (κ3) is 3.70. The fraction of sp³-hybridized carbons (Fsp3) is 0.846. The minimum Gasteiger partial charge on any atom is -0.346 e. The number of amides is 2. The maximum absolute atomic E-state index is 12.1. The fourth-order valence-electron chi connectivity index (χ4n) is 2.19. The summed E-state index contributed by atoms with van der Waals surface area (Å²) >= 11 is 0. The van der Waals surface area contributed by atoms with Crippen molar-refractivity contribution in [3.8, 4) is 0 Å². The molecule has 5 heteroatoms. The van der Waals surface area contributed by atoms with Gasteiger partial charge in [-0.25, -0.2) is 0 Å². The largest absolute Gasteiger partial charge is 0.346 e. The summed E-state index contributed by atoms with van der Waals surface area (Å²) in [6.45, 7) is 7.68. The van der Waals surface area contributed by atoms with E-state index in [1.54, 1.807) is 18.9 Å². The molecule has 1 saturated heterocycles. The standard InChI is InChI=1S/C13H25N3O2/c1-9(2)12(14)13(18)16-6-5-11(8-16)7-15(4)10(3)17/h9,11-12H,5-8,14H2,1-4H3/t11?,12-/m0/s1. The molecule has 1 rings (SSSR count). The number of hydrogen-bond acceptors (Lipinski definition) is 3. The summed E-state index contributed by atoms with van der Waals surface area (Å²) in [6, 6.07) is -0.408. The molecule has 1 aliphatic rings. The summed E-state index contributed by atoms with van der Waals surface area (Å²) in [4.78, 5) is 26.8. The summed E-state index contributed by atoms with van der Waals surface area (Å²) in [5.74, 6) is 0.648. The van der Waals surface area contributed by atoms with Crippen LogP contribution < -0.4 is 5.73 Å². The van der Waals surface area contributed by atoms with Gasteiger partial charge in [0.15, 0.2) is 0 Å². The van der Waals surface area contributed by atoms with Crippen LogP contribution in [0.15, 0.2) is 0 Å². The molecule has 2 amide bonds. The van der Waals surface area contributed by atoms with Crippen molar-refractivity contribution < 1.29 is 9.59 Å². The van der Waals surface area contributed by atoms with Crippen LogP contribution in [-0.4, -0.2) is 54.3 Å². The van der Waals surface area contributed by atoms with Crippen molar-refractivity contribution in [2.24, 2.45) is 17.6 Å². The number of rotatable bonds is 4. The van der Waals surface area contributed by atoms with Crippen LogP contribution >= 0.6 is 0 Å². The lowest BCUT2D eigenvalue weighted by molar-refractivity contribution is -0.132. The Hall–Kier alpha value is -1.10. The van der Waals surface area contributed by atoms with Crippen LogP contribution in [-0.2, 0) is 9.59 Å². The van der Waals surface area contributed by atoms with Gasteiger partial charge in [0.05, 0.1) is 6.04 Å². The Morgan fingerprint density at radius 1 is 1.44 bits per heavy atom. The highest BCUT2D eigenvalue weighted by molar-refractivity contribution is 5.82. The lowest BCUT2D eigenvalue weighted by Crippen LogP contribution is -2.45. The molecule has 1 fully saturated rings. The first-order chi connectivity index (χ1) is 8.32. The number of likely N-dealkylation sites (tertiary alicyclic amines) is 1. The molecule has 0 aliphatic carbocycles. The highest BCUT2D eigenvalue weighted by atomic mass is 16.2. The van der Waals surface area contributed by atoms with Crippen molar-refractivity contribution in [3.63, 3.8) is 0 Å². The Labute approximate surface area is 109 Å². The monoisotopic (exact) mass is 255 g/mol. The summed E-state index contributed by atoms with van der Waals surface area (Å²) in [6.07, 6.45) is 0.953. The molecule has 1 unspecified atom stereocenters. The Bertz CT molecular complexity index is 317. The zero-order valence-corrected chi connectivity index (χ0v) is 11.8. The summed E-state index contributed by atoms with van der Waals surface area (Å²) in [5.41, 5.74) is 5.88. The van der Waals surface area contributed by atoms with Gasteiger partial charge in [-0.05, 0) is 18.3 Å². The molecule has 0 bridgehead atoms. The zero-order valence-electron chi connectivity index (χ0n) is 11.8. The Morgan fingerprint density at radius 2 is 2.06 bits per heavy atom. The second-order valence-electron chi connectivity index (χ2n) is 5.61. The van der Waals surface area contributed by atoms with Crippen molar-refractivity contribution in [3.05, 3.63) is 0 Å². The van der Waals surface area contributed by atoms with Gasteiger partial charge >= 0.3 is 0 Å². The quantitative estimate of drug-likeness (QED) is 0.785. The van der Waals surface area contributed by atoms with Crippen LogP contribution in [0, 0.1) is 11.8 Å². The van der Waals surface area contributed by atoms with Crippen LogP contribution in [0.5, 0.6) is 0 Å². The molecular weight excluding hydrogens is 230 g/mol. The van der Waals surface area contributed by atoms with E-state index in [1.165, 1.54) is 0 Å². The average molecular weight is 255 g/mol. The van der Waals surface area contributed by atoms with Gasteiger partial charge in [-0.3, -0.25) is 9.59 Å². The molecule has 1 heterocycles. The molecule has 0 saturated carbocycles. The molecule has 1 aliphatic heterocycles. The maximum Gasteiger partial charge on any atom is 0.239 e. The molecular formula is C13H25N3O2. The molecule has 0 radical (unpaired) electrons. The third-order valence-corrected chi connectivity index (χ3v) is 3.67. The minimum absolute atomic E-state index is 0.0398. The highest BCUT2D eigenvalue weighted by Gasteiger charge is 2.31. The van der Waals surface area contributed by atoms with Gasteiger partial charge in [-0.2, -0.15) is 0 Å². The second kappa shape index (κ2) is 6.18. The van der Waals surface area contributed by atoms with Crippen LogP contribution in [0.3, 0.4) is 0 Å². The Balaban J connectivity index is 2.46. The Morgan fingerprint density at radius 3 is 2.56 bits per heavy atom. The van der Waals surface area contributed by atoms with Crippen molar-refractivity contribution in [2.45, 2.75) is 33.2 Å². The first-order valence-corrected chi connectivity index (χ1v) is 6.59. The van der Waals surface area contributed by atoms with E-state index in [-0.39, 0.29) is 17.7 Å². The lowest BCUT2D eigenvalue weighted by Gasteiger charge is -2.24. The molecule has 104 valence electrons. The maximum atomic E-state index is 12.1. The van der Waals surface area contributed by atoms with Gasteiger partial charge in [0.25, 0.3) is 0 Å². The van der Waals surface area contributed by atoms with E-state index in [0.29, 0.717) is 5.92 Å². The van der Waals surface area contributed by atoms with E-state index in [4.69, 9.17) is 5.73 Å². The zero-order chi connectivity index (χ0) is 13.9. The van der Waals surface area contributed by atoms with Gasteiger partial charge in [-0.1, -0.05) is 13.8 Å².